The van der Waals surface area contributed by atoms with Gasteiger partial charge in [-0.1, -0.05) is 36.4 Å². The van der Waals surface area contributed by atoms with E-state index in [0.29, 0.717) is 19.6 Å². The summed E-state index contributed by atoms with van der Waals surface area (Å²) in [5.74, 6) is 2.35. The van der Waals surface area contributed by atoms with Crippen molar-refractivity contribution in [2.75, 3.05) is 37.0 Å². The van der Waals surface area contributed by atoms with Gasteiger partial charge in [-0.2, -0.15) is 0 Å². The molecule has 1 saturated heterocycles. The summed E-state index contributed by atoms with van der Waals surface area (Å²) in [5.41, 5.74) is 0.722. The van der Waals surface area contributed by atoms with Crippen molar-refractivity contribution in [1.29, 1.82) is 0 Å². The highest BCUT2D eigenvalue weighted by molar-refractivity contribution is 5.98. The van der Waals surface area contributed by atoms with Crippen molar-refractivity contribution in [3.8, 4) is 5.75 Å². The van der Waals surface area contributed by atoms with Gasteiger partial charge in [0.15, 0.2) is 11.6 Å². The summed E-state index contributed by atoms with van der Waals surface area (Å²) >= 11 is 0. The Hall–Kier alpha value is -2.93. The Bertz CT molecular complexity index is 1030. The zero-order chi connectivity index (χ0) is 21.1. The van der Waals surface area contributed by atoms with Crippen LogP contribution in [0.2, 0.25) is 0 Å². The average molecular weight is 410 g/mol. The first-order chi connectivity index (χ1) is 14.5. The number of anilines is 2. The molecule has 0 amide bonds. The van der Waals surface area contributed by atoms with Gasteiger partial charge < -0.3 is 20.1 Å². The van der Waals surface area contributed by atoms with Gasteiger partial charge in [-0.05, 0) is 24.1 Å². The van der Waals surface area contributed by atoms with Crippen molar-refractivity contribution in [2.45, 2.75) is 32.0 Å². The Morgan fingerprint density at radius 2 is 1.87 bits per heavy atom. The number of fused-ring (bicyclic) bond motifs is 1. The van der Waals surface area contributed by atoms with Crippen LogP contribution < -0.4 is 15.0 Å². The highest BCUT2D eigenvalue weighted by atomic mass is 19.1. The highest BCUT2D eigenvalue weighted by Crippen LogP contribution is 2.33. The summed E-state index contributed by atoms with van der Waals surface area (Å²) in [6.07, 6.45) is 0.576. The molecule has 1 aromatic heterocycles. The molecule has 0 bridgehead atoms. The number of aliphatic hydroxyl groups is 1. The van der Waals surface area contributed by atoms with E-state index in [4.69, 9.17) is 4.74 Å². The first-order valence-corrected chi connectivity index (χ1v) is 10.2. The third-order valence-corrected chi connectivity index (χ3v) is 5.83. The zero-order valence-corrected chi connectivity index (χ0v) is 17.4. The molecule has 0 saturated carbocycles. The lowest BCUT2D eigenvalue weighted by Gasteiger charge is -2.36. The van der Waals surface area contributed by atoms with Crippen LogP contribution in [0.15, 0.2) is 42.5 Å². The van der Waals surface area contributed by atoms with Gasteiger partial charge in [0, 0.05) is 43.2 Å². The second kappa shape index (κ2) is 8.44. The zero-order valence-electron chi connectivity index (χ0n) is 17.4. The van der Waals surface area contributed by atoms with Gasteiger partial charge in [0.25, 0.3) is 0 Å². The van der Waals surface area contributed by atoms with E-state index in [-0.39, 0.29) is 12.8 Å². The minimum absolute atomic E-state index is 0.288. The molecule has 2 heterocycles. The lowest BCUT2D eigenvalue weighted by molar-refractivity contribution is 0.0480. The molecule has 2 N–H and O–H groups in total. The summed E-state index contributed by atoms with van der Waals surface area (Å²) in [6, 6.07) is 14.1. The van der Waals surface area contributed by atoms with Crippen molar-refractivity contribution < 1.29 is 14.2 Å². The standard InChI is InChI=1S/C23H27FN4O2/c1-16-13-17(7-8-20(16)30-2)14-25-21-18-5-3-4-6-19(18)22(27-26-21)28-11-9-23(24,15-29)10-12-28/h3-8,13,29H,9-12,14-15H2,1-2H3,(H,25,26). The molecule has 1 aliphatic heterocycles. The number of nitrogens with zero attached hydrogens (tertiary/aromatic N) is 3. The van der Waals surface area contributed by atoms with Crippen LogP contribution in [0, 0.1) is 6.92 Å². The smallest absolute Gasteiger partial charge is 0.159 e. The average Bonchev–Trinajstić information content (AvgIpc) is 2.78. The maximum absolute atomic E-state index is 14.4. The Balaban J connectivity index is 1.56. The molecule has 0 spiro atoms. The van der Waals surface area contributed by atoms with E-state index >= 15 is 0 Å². The number of aryl methyl sites for hydroxylation is 1. The minimum Gasteiger partial charge on any atom is -0.496 e. The summed E-state index contributed by atoms with van der Waals surface area (Å²) in [6.45, 7) is 3.23. The van der Waals surface area contributed by atoms with Crippen molar-refractivity contribution >= 4 is 22.4 Å². The van der Waals surface area contributed by atoms with Gasteiger partial charge >= 0.3 is 0 Å². The molecule has 1 fully saturated rings. The number of aliphatic hydroxyl groups excluding tert-OH is 1. The second-order valence-corrected chi connectivity index (χ2v) is 7.87. The Kier molecular flexibility index (Phi) is 5.72. The molecule has 0 radical (unpaired) electrons. The van der Waals surface area contributed by atoms with Gasteiger partial charge in [-0.15, -0.1) is 10.2 Å². The van der Waals surface area contributed by atoms with Crippen LogP contribution in [0.5, 0.6) is 5.75 Å². The summed E-state index contributed by atoms with van der Waals surface area (Å²) in [4.78, 5) is 2.05. The van der Waals surface area contributed by atoms with Gasteiger partial charge in [0.2, 0.25) is 0 Å². The molecule has 2 aromatic carbocycles. The number of rotatable bonds is 6. The Morgan fingerprint density at radius 1 is 1.13 bits per heavy atom. The number of nitrogens with one attached hydrogen (secondary N) is 1. The molecule has 158 valence electrons. The maximum Gasteiger partial charge on any atom is 0.159 e. The van der Waals surface area contributed by atoms with Crippen LogP contribution in [0.4, 0.5) is 16.0 Å². The van der Waals surface area contributed by atoms with Crippen molar-refractivity contribution in [3.63, 3.8) is 0 Å². The lowest BCUT2D eigenvalue weighted by Crippen LogP contribution is -2.44. The van der Waals surface area contributed by atoms with Crippen molar-refractivity contribution in [2.24, 2.45) is 0 Å². The third-order valence-electron chi connectivity index (χ3n) is 5.83. The molecule has 3 aromatic rings. The number of piperidine rings is 1. The second-order valence-electron chi connectivity index (χ2n) is 7.87. The molecule has 0 atom stereocenters. The summed E-state index contributed by atoms with van der Waals surface area (Å²) < 4.78 is 19.7. The molecule has 0 aliphatic carbocycles. The van der Waals surface area contributed by atoms with Crippen LogP contribution in [-0.4, -0.2) is 47.8 Å². The number of benzene rings is 2. The monoisotopic (exact) mass is 410 g/mol. The minimum atomic E-state index is -1.49. The molecule has 4 rings (SSSR count). The molecular weight excluding hydrogens is 383 g/mol. The van der Waals surface area contributed by atoms with Gasteiger partial charge in [0.1, 0.15) is 11.4 Å². The number of methoxy groups -OCH3 is 1. The predicted molar refractivity (Wildman–Crippen MR) is 117 cm³/mol. The normalized spacial score (nSPS) is 15.9. The van der Waals surface area contributed by atoms with E-state index in [1.165, 1.54) is 0 Å². The molecule has 6 nitrogen and oxygen atoms in total. The quantitative estimate of drug-likeness (QED) is 0.643. The molecule has 1 aliphatic rings. The van der Waals surface area contributed by atoms with E-state index in [1.54, 1.807) is 7.11 Å². The van der Waals surface area contributed by atoms with Crippen LogP contribution in [-0.2, 0) is 6.54 Å². The fourth-order valence-corrected chi connectivity index (χ4v) is 3.97. The molecular formula is C23H27FN4O2. The third kappa shape index (κ3) is 4.03. The molecule has 7 heteroatoms. The lowest BCUT2D eigenvalue weighted by atomic mass is 9.94. The largest absolute Gasteiger partial charge is 0.496 e. The summed E-state index contributed by atoms with van der Waals surface area (Å²) in [7, 11) is 1.67. The van der Waals surface area contributed by atoms with E-state index in [0.717, 1.165) is 39.3 Å². The number of aromatic nitrogens is 2. The van der Waals surface area contributed by atoms with Gasteiger partial charge in [-0.3, -0.25) is 0 Å². The van der Waals surface area contributed by atoms with Crippen molar-refractivity contribution in [3.05, 3.63) is 53.6 Å². The highest BCUT2D eigenvalue weighted by Gasteiger charge is 2.34. The van der Waals surface area contributed by atoms with E-state index in [2.05, 4.69) is 26.5 Å². The number of alkyl halides is 1. The number of halogens is 1. The van der Waals surface area contributed by atoms with Crippen LogP contribution in [0.25, 0.3) is 10.8 Å². The topological polar surface area (TPSA) is 70.5 Å². The Morgan fingerprint density at radius 3 is 2.53 bits per heavy atom. The van der Waals surface area contributed by atoms with Gasteiger partial charge in [-0.25, -0.2) is 4.39 Å². The molecule has 0 unspecified atom stereocenters. The number of hydrogen-bond donors (Lipinski definition) is 2. The number of ether oxygens (including phenoxy) is 1. The summed E-state index contributed by atoms with van der Waals surface area (Å²) in [5, 5.41) is 23.5. The first kappa shape index (κ1) is 20.3. The van der Waals surface area contributed by atoms with E-state index in [9.17, 15) is 9.50 Å². The van der Waals surface area contributed by atoms with E-state index < -0.39 is 12.3 Å². The fraction of sp³-hybridized carbons (Fsp3) is 0.391. The van der Waals surface area contributed by atoms with Crippen LogP contribution in [0.1, 0.15) is 24.0 Å². The van der Waals surface area contributed by atoms with E-state index in [1.807, 2.05) is 43.3 Å². The number of hydrogen-bond acceptors (Lipinski definition) is 6. The van der Waals surface area contributed by atoms with Gasteiger partial charge in [0.05, 0.1) is 13.7 Å². The maximum atomic E-state index is 14.4. The fourth-order valence-electron chi connectivity index (χ4n) is 3.97. The SMILES string of the molecule is COc1ccc(CNc2nnc(N3CCC(F)(CO)CC3)c3ccccc23)cc1C. The van der Waals surface area contributed by atoms with Crippen LogP contribution >= 0.6 is 0 Å². The molecule has 30 heavy (non-hydrogen) atoms. The van der Waals surface area contributed by atoms with Crippen LogP contribution in [0.3, 0.4) is 0 Å². The predicted octanol–water partition coefficient (Wildman–Crippen LogP) is 3.86. The van der Waals surface area contributed by atoms with Crippen molar-refractivity contribution in [1.82, 2.24) is 10.2 Å². The Labute approximate surface area is 175 Å². The first-order valence-electron chi connectivity index (χ1n) is 10.2.